The van der Waals surface area contributed by atoms with Crippen molar-refractivity contribution in [3.05, 3.63) is 97.5 Å². The third-order valence-electron chi connectivity index (χ3n) is 5.32. The number of hydrogen-bond acceptors (Lipinski definition) is 4. The number of nitrogens with zero attached hydrogens (tertiary/aromatic N) is 1. The van der Waals surface area contributed by atoms with Gasteiger partial charge in [0.05, 0.1) is 15.0 Å². The Balaban J connectivity index is 1.32. The molecule has 3 aromatic rings. The maximum Gasteiger partial charge on any atom is 0.407 e. The van der Waals surface area contributed by atoms with E-state index < -0.39 is 11.0 Å². The van der Waals surface area contributed by atoms with Gasteiger partial charge in [0.2, 0.25) is 0 Å². The Bertz CT molecular complexity index is 1250. The summed E-state index contributed by atoms with van der Waals surface area (Å²) in [4.78, 5) is 22.8. The zero-order valence-electron chi connectivity index (χ0n) is 17.3. The second kappa shape index (κ2) is 9.95. The lowest BCUT2D eigenvalue weighted by atomic mass is 9.98. The third kappa shape index (κ3) is 4.95. The summed E-state index contributed by atoms with van der Waals surface area (Å²) in [6.45, 7) is 0.458. The molecule has 4 rings (SSSR count). The van der Waals surface area contributed by atoms with Crippen LogP contribution in [0.4, 0.5) is 10.5 Å². The van der Waals surface area contributed by atoms with Gasteiger partial charge in [-0.2, -0.15) is 0 Å². The number of alkyl carbamates (subject to hydrolysis) is 1. The minimum absolute atomic E-state index is 0.0156. The van der Waals surface area contributed by atoms with Crippen molar-refractivity contribution in [2.75, 3.05) is 13.2 Å². The summed E-state index contributed by atoms with van der Waals surface area (Å²) in [5.41, 5.74) is 4.54. The predicted octanol–water partition coefficient (Wildman–Crippen LogP) is 6.18. The first-order chi connectivity index (χ1) is 16.0. The number of ether oxygens (including phenoxy) is 1. The Morgan fingerprint density at radius 2 is 1.64 bits per heavy atom. The fourth-order valence-electron chi connectivity index (χ4n) is 3.82. The molecule has 8 heteroatoms. The van der Waals surface area contributed by atoms with Gasteiger partial charge in [0.1, 0.15) is 12.2 Å². The maximum absolute atomic E-state index is 12.2. The van der Waals surface area contributed by atoms with Crippen molar-refractivity contribution in [3.8, 4) is 23.0 Å². The van der Waals surface area contributed by atoms with Crippen molar-refractivity contribution in [2.45, 2.75) is 12.3 Å². The first-order valence-corrected chi connectivity index (χ1v) is 10.9. The van der Waals surface area contributed by atoms with Crippen LogP contribution in [0.5, 0.6) is 0 Å². The first kappa shape index (κ1) is 22.7. The van der Waals surface area contributed by atoms with Crippen molar-refractivity contribution in [1.82, 2.24) is 5.32 Å². The molecule has 3 aromatic carbocycles. The lowest BCUT2D eigenvalue weighted by Gasteiger charge is -2.14. The molecule has 0 fully saturated rings. The fourth-order valence-corrected chi connectivity index (χ4v) is 4.14. The van der Waals surface area contributed by atoms with Crippen LogP contribution < -0.4 is 5.32 Å². The molecule has 0 bridgehead atoms. The van der Waals surface area contributed by atoms with Crippen molar-refractivity contribution >= 4 is 35.0 Å². The highest BCUT2D eigenvalue weighted by Crippen LogP contribution is 2.44. The molecule has 1 amide bonds. The summed E-state index contributed by atoms with van der Waals surface area (Å²) < 4.78 is 5.46. The van der Waals surface area contributed by atoms with E-state index in [-0.39, 0.29) is 46.8 Å². The molecular formula is C25H18Cl2N2O4. The van der Waals surface area contributed by atoms with Gasteiger partial charge in [-0.1, -0.05) is 83.6 Å². The van der Waals surface area contributed by atoms with Crippen LogP contribution in [0.2, 0.25) is 10.0 Å². The molecular weight excluding hydrogens is 463 g/mol. The summed E-state index contributed by atoms with van der Waals surface area (Å²) in [7, 11) is 0. The Kier molecular flexibility index (Phi) is 6.83. The van der Waals surface area contributed by atoms with Crippen LogP contribution in [0.25, 0.3) is 11.1 Å². The highest BCUT2D eigenvalue weighted by Gasteiger charge is 2.28. The van der Waals surface area contributed by atoms with Gasteiger partial charge in [0.25, 0.3) is 5.69 Å². The van der Waals surface area contributed by atoms with Gasteiger partial charge in [0.15, 0.2) is 0 Å². The van der Waals surface area contributed by atoms with Gasteiger partial charge < -0.3 is 10.1 Å². The zero-order valence-corrected chi connectivity index (χ0v) is 18.8. The molecule has 1 aliphatic carbocycles. The number of nitro benzene ring substituents is 1. The van der Waals surface area contributed by atoms with Gasteiger partial charge in [-0.25, -0.2) is 4.79 Å². The molecule has 0 radical (unpaired) electrons. The summed E-state index contributed by atoms with van der Waals surface area (Å²) >= 11 is 11.8. The Labute approximate surface area is 200 Å². The van der Waals surface area contributed by atoms with Crippen LogP contribution in [0.3, 0.4) is 0 Å². The number of fused-ring (bicyclic) bond motifs is 3. The second-order valence-electron chi connectivity index (χ2n) is 7.34. The topological polar surface area (TPSA) is 81.5 Å². The van der Waals surface area contributed by atoms with E-state index in [9.17, 15) is 14.9 Å². The molecule has 0 aliphatic heterocycles. The van der Waals surface area contributed by atoms with E-state index in [1.165, 1.54) is 12.1 Å². The highest BCUT2D eigenvalue weighted by molar-refractivity contribution is 6.42. The van der Waals surface area contributed by atoms with Gasteiger partial charge in [-0.3, -0.25) is 10.1 Å². The smallest absolute Gasteiger partial charge is 0.407 e. The van der Waals surface area contributed by atoms with E-state index in [2.05, 4.69) is 41.4 Å². The Hall–Kier alpha value is -3.53. The Morgan fingerprint density at radius 3 is 2.27 bits per heavy atom. The standard InChI is InChI=1S/C25H18Cl2N2O4/c26-22-13-16(24(29(31)32)14-23(22)27)7-5-6-12-28-25(30)33-15-21-19-10-3-1-8-17(19)18-9-2-4-11-20(18)21/h1-4,8-11,13-14,21H,6,12,15H2,(H,28,30). The van der Waals surface area contributed by atoms with E-state index in [4.69, 9.17) is 27.9 Å². The van der Waals surface area contributed by atoms with Crippen LogP contribution >= 0.6 is 23.2 Å². The van der Waals surface area contributed by atoms with Crippen LogP contribution in [0.1, 0.15) is 29.0 Å². The molecule has 0 heterocycles. The zero-order chi connectivity index (χ0) is 23.4. The number of halogens is 2. The summed E-state index contributed by atoms with van der Waals surface area (Å²) in [5.74, 6) is 5.49. The molecule has 0 unspecified atom stereocenters. The molecule has 166 valence electrons. The van der Waals surface area contributed by atoms with Crippen LogP contribution in [-0.2, 0) is 4.74 Å². The fraction of sp³-hybridized carbons (Fsp3) is 0.160. The van der Waals surface area contributed by atoms with Gasteiger partial charge in [-0.15, -0.1) is 0 Å². The molecule has 0 spiro atoms. The summed E-state index contributed by atoms with van der Waals surface area (Å²) in [6.07, 6.45) is -0.263. The molecule has 0 saturated heterocycles. The van der Waals surface area contributed by atoms with E-state index in [1.807, 2.05) is 24.3 Å². The summed E-state index contributed by atoms with van der Waals surface area (Å²) in [6, 6.07) is 18.7. The number of carbonyl (C=O) groups is 1. The predicted molar refractivity (Wildman–Crippen MR) is 128 cm³/mol. The lowest BCUT2D eigenvalue weighted by molar-refractivity contribution is -0.385. The molecule has 1 N–H and O–H groups in total. The average Bonchev–Trinajstić information content (AvgIpc) is 3.13. The molecule has 0 aromatic heterocycles. The minimum Gasteiger partial charge on any atom is -0.449 e. The van der Waals surface area contributed by atoms with E-state index in [0.29, 0.717) is 0 Å². The van der Waals surface area contributed by atoms with Crippen molar-refractivity contribution in [3.63, 3.8) is 0 Å². The molecule has 6 nitrogen and oxygen atoms in total. The number of nitrogens with one attached hydrogen (secondary N) is 1. The molecule has 0 atom stereocenters. The van der Waals surface area contributed by atoms with Crippen LogP contribution in [0.15, 0.2) is 60.7 Å². The van der Waals surface area contributed by atoms with Crippen molar-refractivity contribution < 1.29 is 14.5 Å². The lowest BCUT2D eigenvalue weighted by Crippen LogP contribution is -2.26. The number of nitro groups is 1. The quantitative estimate of drug-likeness (QED) is 0.204. The van der Waals surface area contributed by atoms with Gasteiger partial charge in [0, 0.05) is 24.9 Å². The second-order valence-corrected chi connectivity index (χ2v) is 8.16. The number of benzene rings is 3. The number of rotatable bonds is 5. The van der Waals surface area contributed by atoms with E-state index >= 15 is 0 Å². The van der Waals surface area contributed by atoms with Crippen molar-refractivity contribution in [2.24, 2.45) is 0 Å². The minimum atomic E-state index is -0.568. The summed E-state index contributed by atoms with van der Waals surface area (Å²) in [5, 5.41) is 14.1. The highest BCUT2D eigenvalue weighted by atomic mass is 35.5. The average molecular weight is 481 g/mol. The maximum atomic E-state index is 12.2. The monoisotopic (exact) mass is 480 g/mol. The van der Waals surface area contributed by atoms with Gasteiger partial charge in [-0.05, 0) is 28.3 Å². The molecule has 0 saturated carbocycles. The number of carbonyl (C=O) groups excluding carboxylic acids is 1. The van der Waals surface area contributed by atoms with Gasteiger partial charge >= 0.3 is 6.09 Å². The van der Waals surface area contributed by atoms with E-state index in [1.54, 1.807) is 0 Å². The third-order valence-corrected chi connectivity index (χ3v) is 6.04. The van der Waals surface area contributed by atoms with Crippen LogP contribution in [0, 0.1) is 22.0 Å². The van der Waals surface area contributed by atoms with Crippen molar-refractivity contribution in [1.29, 1.82) is 0 Å². The number of amides is 1. The SMILES string of the molecule is O=C(NCCC#Cc1cc(Cl)c(Cl)cc1[N+](=O)[O-])OCC1c2ccccc2-c2ccccc21. The van der Waals surface area contributed by atoms with E-state index in [0.717, 1.165) is 22.3 Å². The largest absolute Gasteiger partial charge is 0.449 e. The molecule has 1 aliphatic rings. The molecule has 33 heavy (non-hydrogen) atoms. The number of hydrogen-bond donors (Lipinski definition) is 1. The van der Waals surface area contributed by atoms with Crippen LogP contribution in [-0.4, -0.2) is 24.2 Å². The Morgan fingerprint density at radius 1 is 1.03 bits per heavy atom. The first-order valence-electron chi connectivity index (χ1n) is 10.2. The normalized spacial score (nSPS) is 11.7.